The Balaban J connectivity index is 1.65. The number of phenolic OH excluding ortho intramolecular Hbond substituents is 1. The summed E-state index contributed by atoms with van der Waals surface area (Å²) in [5.41, 5.74) is 2.48. The first kappa shape index (κ1) is 25.2. The highest BCUT2D eigenvalue weighted by Crippen LogP contribution is 2.35. The van der Waals surface area contributed by atoms with E-state index in [2.05, 4.69) is 15.0 Å². The molecule has 0 unspecified atom stereocenters. The number of carbonyl (C=O) groups excluding carboxylic acids is 1. The topological polar surface area (TPSA) is 126 Å². The van der Waals surface area contributed by atoms with Crippen LogP contribution in [0.1, 0.15) is 27.3 Å². The zero-order chi connectivity index (χ0) is 27.5. The zero-order valence-electron chi connectivity index (χ0n) is 21.5. The van der Waals surface area contributed by atoms with Crippen molar-refractivity contribution in [2.45, 2.75) is 13.5 Å². The highest BCUT2D eigenvalue weighted by molar-refractivity contribution is 5.96. The Hall–Kier alpha value is -5.43. The normalized spacial score (nSPS) is 10.7. The summed E-state index contributed by atoms with van der Waals surface area (Å²) in [6.07, 6.45) is 0. The number of nitriles is 1. The maximum Gasteiger partial charge on any atom is 0.327 e. The molecule has 10 heteroatoms. The number of para-hydroxylation sites is 1. The van der Waals surface area contributed by atoms with E-state index >= 15 is 0 Å². The summed E-state index contributed by atoms with van der Waals surface area (Å²) in [4.78, 5) is 28.0. The van der Waals surface area contributed by atoms with E-state index in [-0.39, 0.29) is 35.0 Å². The van der Waals surface area contributed by atoms with Gasteiger partial charge < -0.3 is 24.0 Å². The van der Waals surface area contributed by atoms with E-state index in [0.717, 1.165) is 5.56 Å². The lowest BCUT2D eigenvalue weighted by Crippen LogP contribution is -2.22. The lowest BCUT2D eigenvalue weighted by Gasteiger charge is -2.15. The first-order chi connectivity index (χ1) is 18.8. The molecule has 5 aromatic rings. The SMILES string of the molecule is Cc1nc2c(Oc3ccccc3C(=O)N(C)C)nc(Oc3cc(C#N)ccc3O)nc2n1Cc1ccccc1. The van der Waals surface area contributed by atoms with Gasteiger partial charge in [0.25, 0.3) is 11.8 Å². The first-order valence-corrected chi connectivity index (χ1v) is 12.0. The molecule has 10 nitrogen and oxygen atoms in total. The number of phenols is 1. The fourth-order valence-corrected chi connectivity index (χ4v) is 3.98. The molecule has 0 aliphatic carbocycles. The summed E-state index contributed by atoms with van der Waals surface area (Å²) in [5, 5.41) is 19.6. The number of rotatable bonds is 7. The van der Waals surface area contributed by atoms with Gasteiger partial charge in [-0.25, -0.2) is 4.98 Å². The average molecular weight is 521 g/mol. The fraction of sp³-hybridized carbons (Fsp3) is 0.138. The van der Waals surface area contributed by atoms with Gasteiger partial charge in [0.15, 0.2) is 22.7 Å². The minimum absolute atomic E-state index is 0.00776. The lowest BCUT2D eigenvalue weighted by molar-refractivity contribution is 0.0825. The summed E-state index contributed by atoms with van der Waals surface area (Å²) in [7, 11) is 3.31. The molecule has 2 heterocycles. The molecule has 0 bridgehead atoms. The molecule has 0 saturated carbocycles. The second-order valence-corrected chi connectivity index (χ2v) is 8.91. The van der Waals surface area contributed by atoms with Gasteiger partial charge >= 0.3 is 6.01 Å². The number of nitrogens with zero attached hydrogens (tertiary/aromatic N) is 6. The molecule has 0 radical (unpaired) electrons. The minimum Gasteiger partial charge on any atom is -0.504 e. The molecule has 3 aromatic carbocycles. The number of hydrogen-bond acceptors (Lipinski definition) is 8. The molecule has 39 heavy (non-hydrogen) atoms. The van der Waals surface area contributed by atoms with E-state index in [4.69, 9.17) is 9.47 Å². The standard InChI is InChI=1S/C29H24N6O4/c1-18-31-25-26(35(18)17-19-9-5-4-6-10-19)32-29(39-24-15-20(16-30)13-14-22(24)36)33-27(25)38-23-12-8-7-11-21(23)28(37)34(2)3/h4-15,36H,17H2,1-3H3. The number of benzene rings is 3. The van der Waals surface area contributed by atoms with Gasteiger partial charge in [-0.1, -0.05) is 42.5 Å². The van der Waals surface area contributed by atoms with Crippen LogP contribution in [-0.2, 0) is 6.54 Å². The van der Waals surface area contributed by atoms with Crippen molar-refractivity contribution in [3.05, 3.63) is 95.3 Å². The van der Waals surface area contributed by atoms with Crippen LogP contribution < -0.4 is 9.47 Å². The predicted octanol–water partition coefficient (Wildman–Crippen LogP) is 5.05. The second-order valence-electron chi connectivity index (χ2n) is 8.91. The third-order valence-corrected chi connectivity index (χ3v) is 5.94. The van der Waals surface area contributed by atoms with Crippen molar-refractivity contribution >= 4 is 17.1 Å². The smallest absolute Gasteiger partial charge is 0.327 e. The largest absolute Gasteiger partial charge is 0.504 e. The highest BCUT2D eigenvalue weighted by Gasteiger charge is 2.22. The Morgan fingerprint density at radius 2 is 1.72 bits per heavy atom. The van der Waals surface area contributed by atoms with Gasteiger partial charge in [0.1, 0.15) is 11.6 Å². The number of aromatic nitrogens is 4. The number of aryl methyl sites for hydroxylation is 1. The maximum absolute atomic E-state index is 12.8. The molecule has 1 amide bonds. The van der Waals surface area contributed by atoms with Gasteiger partial charge in [0, 0.05) is 20.2 Å². The van der Waals surface area contributed by atoms with E-state index in [1.807, 2.05) is 47.9 Å². The number of amides is 1. The molecule has 5 rings (SSSR count). The van der Waals surface area contributed by atoms with Gasteiger partial charge in [-0.05, 0) is 36.8 Å². The van der Waals surface area contributed by atoms with Gasteiger partial charge in [-0.15, -0.1) is 0 Å². The third kappa shape index (κ3) is 5.19. The van der Waals surface area contributed by atoms with Crippen molar-refractivity contribution in [1.82, 2.24) is 24.4 Å². The molecule has 0 atom stereocenters. The van der Waals surface area contributed by atoms with Crippen LogP contribution in [0.15, 0.2) is 72.8 Å². The summed E-state index contributed by atoms with van der Waals surface area (Å²) in [5.74, 6) is 0.601. The number of ether oxygens (including phenoxy) is 2. The van der Waals surface area contributed by atoms with E-state index in [9.17, 15) is 15.2 Å². The summed E-state index contributed by atoms with van der Waals surface area (Å²) in [6.45, 7) is 2.32. The molecule has 0 aliphatic rings. The molecular weight excluding hydrogens is 496 g/mol. The number of aromatic hydroxyl groups is 1. The minimum atomic E-state index is -0.239. The molecule has 1 N–H and O–H groups in total. The Bertz CT molecular complexity index is 1720. The Labute approximate surface area is 224 Å². The van der Waals surface area contributed by atoms with E-state index in [1.54, 1.807) is 38.4 Å². The quantitative estimate of drug-likeness (QED) is 0.316. The van der Waals surface area contributed by atoms with Crippen LogP contribution in [0.2, 0.25) is 0 Å². The van der Waals surface area contributed by atoms with Crippen molar-refractivity contribution in [2.24, 2.45) is 0 Å². The predicted molar refractivity (Wildman–Crippen MR) is 143 cm³/mol. The van der Waals surface area contributed by atoms with Gasteiger partial charge in [0.05, 0.1) is 23.7 Å². The number of carbonyl (C=O) groups is 1. The summed E-state index contributed by atoms with van der Waals surface area (Å²) in [6, 6.07) is 22.8. The van der Waals surface area contributed by atoms with E-state index in [0.29, 0.717) is 34.7 Å². The van der Waals surface area contributed by atoms with Crippen molar-refractivity contribution in [3.8, 4) is 35.2 Å². The van der Waals surface area contributed by atoms with Crippen LogP contribution in [0, 0.1) is 18.3 Å². The summed E-state index contributed by atoms with van der Waals surface area (Å²) >= 11 is 0. The monoisotopic (exact) mass is 520 g/mol. The molecule has 0 spiro atoms. The first-order valence-electron chi connectivity index (χ1n) is 12.0. The summed E-state index contributed by atoms with van der Waals surface area (Å²) < 4.78 is 13.9. The molecule has 194 valence electrons. The maximum atomic E-state index is 12.8. The van der Waals surface area contributed by atoms with Crippen LogP contribution in [-0.4, -0.2) is 49.5 Å². The average Bonchev–Trinajstić information content (AvgIpc) is 3.25. The molecule has 2 aromatic heterocycles. The van der Waals surface area contributed by atoms with Crippen LogP contribution in [0.25, 0.3) is 11.2 Å². The van der Waals surface area contributed by atoms with Crippen molar-refractivity contribution in [2.75, 3.05) is 14.1 Å². The molecule has 0 fully saturated rings. The molecule has 0 aliphatic heterocycles. The van der Waals surface area contributed by atoms with Crippen molar-refractivity contribution in [3.63, 3.8) is 0 Å². The van der Waals surface area contributed by atoms with Crippen molar-refractivity contribution < 1.29 is 19.4 Å². The number of imidazole rings is 1. The third-order valence-electron chi connectivity index (χ3n) is 5.94. The lowest BCUT2D eigenvalue weighted by atomic mass is 10.2. The van der Waals surface area contributed by atoms with Crippen LogP contribution in [0.5, 0.6) is 29.1 Å². The van der Waals surface area contributed by atoms with Crippen LogP contribution in [0.4, 0.5) is 0 Å². The van der Waals surface area contributed by atoms with Crippen LogP contribution >= 0.6 is 0 Å². The zero-order valence-corrected chi connectivity index (χ0v) is 21.5. The highest BCUT2D eigenvalue weighted by atomic mass is 16.5. The van der Waals surface area contributed by atoms with E-state index < -0.39 is 0 Å². The molecule has 0 saturated heterocycles. The second kappa shape index (κ2) is 10.5. The Morgan fingerprint density at radius 3 is 2.46 bits per heavy atom. The molecular formula is C29H24N6O4. The van der Waals surface area contributed by atoms with Gasteiger partial charge in [0.2, 0.25) is 0 Å². The Morgan fingerprint density at radius 1 is 0.974 bits per heavy atom. The Kier molecular flexibility index (Phi) is 6.80. The number of fused-ring (bicyclic) bond motifs is 1. The van der Waals surface area contributed by atoms with Gasteiger partial charge in [-0.3, -0.25) is 4.79 Å². The fourth-order valence-electron chi connectivity index (χ4n) is 3.98. The van der Waals surface area contributed by atoms with Crippen molar-refractivity contribution in [1.29, 1.82) is 5.26 Å². The van der Waals surface area contributed by atoms with Gasteiger partial charge in [-0.2, -0.15) is 15.2 Å². The van der Waals surface area contributed by atoms with E-state index in [1.165, 1.54) is 23.1 Å². The number of hydrogen-bond donors (Lipinski definition) is 1. The van der Waals surface area contributed by atoms with Crippen LogP contribution in [0.3, 0.4) is 0 Å².